The Hall–Kier alpha value is -0.530. The van der Waals surface area contributed by atoms with Gasteiger partial charge in [-0.15, -0.1) is 12.4 Å². The molecule has 0 saturated heterocycles. The summed E-state index contributed by atoms with van der Waals surface area (Å²) in [7, 11) is 2.11. The van der Waals surface area contributed by atoms with Gasteiger partial charge in [0.2, 0.25) is 0 Å². The summed E-state index contributed by atoms with van der Waals surface area (Å²) in [5, 5.41) is 3.48. The lowest BCUT2D eigenvalue weighted by atomic mass is 9.64. The number of rotatable bonds is 1. The first-order valence-electron chi connectivity index (χ1n) is 5.66. The van der Waals surface area contributed by atoms with Crippen LogP contribution < -0.4 is 5.32 Å². The van der Waals surface area contributed by atoms with Gasteiger partial charge in [0.25, 0.3) is 0 Å². The van der Waals surface area contributed by atoms with Crippen LogP contribution in [0, 0.1) is 0 Å². The third kappa shape index (κ3) is 1.58. The van der Waals surface area contributed by atoms with Crippen LogP contribution in [-0.4, -0.2) is 13.1 Å². The van der Waals surface area contributed by atoms with Crippen molar-refractivity contribution < 1.29 is 0 Å². The van der Waals surface area contributed by atoms with Gasteiger partial charge in [-0.3, -0.25) is 0 Å². The monoisotopic (exact) mass is 223 g/mol. The lowest BCUT2D eigenvalue weighted by molar-refractivity contribution is 0.283. The van der Waals surface area contributed by atoms with Gasteiger partial charge in [-0.1, -0.05) is 24.3 Å². The van der Waals surface area contributed by atoms with Gasteiger partial charge in [-0.2, -0.15) is 0 Å². The van der Waals surface area contributed by atoms with E-state index < -0.39 is 0 Å². The Morgan fingerprint density at radius 3 is 2.60 bits per heavy atom. The summed E-state index contributed by atoms with van der Waals surface area (Å²) in [5.74, 6) is 1.61. The predicted octanol–water partition coefficient (Wildman–Crippen LogP) is 3.06. The Bertz CT molecular complexity index is 350. The van der Waals surface area contributed by atoms with Crippen LogP contribution >= 0.6 is 12.4 Å². The van der Waals surface area contributed by atoms with Gasteiger partial charge in [0.15, 0.2) is 0 Å². The summed E-state index contributed by atoms with van der Waals surface area (Å²) in [6.07, 6.45) is 4.13. The molecule has 82 valence electrons. The van der Waals surface area contributed by atoms with Crippen molar-refractivity contribution in [3.63, 3.8) is 0 Å². The number of hydrogen-bond acceptors (Lipinski definition) is 1. The summed E-state index contributed by atoms with van der Waals surface area (Å²) >= 11 is 0. The average Bonchev–Trinajstić information content (AvgIpc) is 2.30. The van der Waals surface area contributed by atoms with E-state index in [1.165, 1.54) is 19.3 Å². The molecule has 2 heteroatoms. The molecule has 1 saturated carbocycles. The van der Waals surface area contributed by atoms with Crippen LogP contribution in [0.15, 0.2) is 24.3 Å². The molecule has 0 unspecified atom stereocenters. The summed E-state index contributed by atoms with van der Waals surface area (Å²) < 4.78 is 0. The van der Waals surface area contributed by atoms with Crippen molar-refractivity contribution >= 4 is 12.4 Å². The molecule has 0 radical (unpaired) electrons. The Morgan fingerprint density at radius 2 is 1.87 bits per heavy atom. The Labute approximate surface area is 97.7 Å². The number of nitrogens with one attached hydrogen (secondary N) is 1. The van der Waals surface area contributed by atoms with E-state index in [2.05, 4.69) is 36.6 Å². The second-order valence-corrected chi connectivity index (χ2v) is 4.64. The molecule has 0 spiro atoms. The summed E-state index contributed by atoms with van der Waals surface area (Å²) in [6, 6.07) is 9.76. The van der Waals surface area contributed by atoms with Crippen molar-refractivity contribution in [3.8, 4) is 0 Å². The summed E-state index contributed by atoms with van der Waals surface area (Å²) in [5.41, 5.74) is 3.25. The van der Waals surface area contributed by atoms with Crippen molar-refractivity contribution in [1.82, 2.24) is 5.32 Å². The molecule has 4 rings (SSSR count). The minimum Gasteiger partial charge on any atom is -0.316 e. The normalized spacial score (nSPS) is 31.9. The molecule has 1 aromatic rings. The van der Waals surface area contributed by atoms with E-state index >= 15 is 0 Å². The van der Waals surface area contributed by atoms with Gasteiger partial charge in [-0.25, -0.2) is 0 Å². The lowest BCUT2D eigenvalue weighted by Crippen LogP contribution is -2.41. The highest BCUT2D eigenvalue weighted by molar-refractivity contribution is 5.85. The first kappa shape index (κ1) is 11.0. The van der Waals surface area contributed by atoms with Gasteiger partial charge < -0.3 is 5.32 Å². The van der Waals surface area contributed by atoms with Crippen molar-refractivity contribution in [2.75, 3.05) is 7.05 Å². The van der Waals surface area contributed by atoms with E-state index in [9.17, 15) is 0 Å². The fourth-order valence-electron chi connectivity index (χ4n) is 3.36. The molecule has 2 bridgehead atoms. The van der Waals surface area contributed by atoms with Crippen LogP contribution in [0.3, 0.4) is 0 Å². The molecular formula is C13H18ClN. The van der Waals surface area contributed by atoms with Crippen LogP contribution in [0.2, 0.25) is 0 Å². The summed E-state index contributed by atoms with van der Waals surface area (Å²) in [6.45, 7) is 0. The van der Waals surface area contributed by atoms with Gasteiger partial charge in [-0.05, 0) is 49.3 Å². The number of halogens is 1. The maximum absolute atomic E-state index is 3.48. The number of hydrogen-bond donors (Lipinski definition) is 1. The van der Waals surface area contributed by atoms with Crippen molar-refractivity contribution in [2.24, 2.45) is 0 Å². The SMILES string of the molecule is CN[C@@H]1C[C@@H]2CC[C@H]1c1ccccc12.Cl. The maximum atomic E-state index is 3.48. The van der Waals surface area contributed by atoms with E-state index in [-0.39, 0.29) is 12.4 Å². The molecule has 3 atom stereocenters. The zero-order valence-corrected chi connectivity index (χ0v) is 9.89. The van der Waals surface area contributed by atoms with E-state index in [0.717, 1.165) is 17.9 Å². The molecule has 0 amide bonds. The predicted molar refractivity (Wildman–Crippen MR) is 65.9 cm³/mol. The second kappa shape index (κ2) is 4.15. The van der Waals surface area contributed by atoms with E-state index in [0.29, 0.717) is 0 Å². The molecule has 0 aromatic heterocycles. The molecule has 1 aromatic carbocycles. The van der Waals surface area contributed by atoms with Crippen LogP contribution in [0.1, 0.15) is 42.2 Å². The molecule has 0 heterocycles. The van der Waals surface area contributed by atoms with Gasteiger partial charge in [0.05, 0.1) is 0 Å². The minimum absolute atomic E-state index is 0. The third-order valence-corrected chi connectivity index (χ3v) is 4.06. The number of likely N-dealkylation sites (N-methyl/N-ethyl adjacent to an activating group) is 1. The minimum atomic E-state index is 0. The number of benzene rings is 1. The molecule has 1 N–H and O–H groups in total. The Morgan fingerprint density at radius 1 is 1.13 bits per heavy atom. The van der Waals surface area contributed by atoms with Gasteiger partial charge in [0, 0.05) is 6.04 Å². The fraction of sp³-hybridized carbons (Fsp3) is 0.538. The van der Waals surface area contributed by atoms with E-state index in [1.54, 1.807) is 11.1 Å². The summed E-state index contributed by atoms with van der Waals surface area (Å²) in [4.78, 5) is 0. The molecule has 3 aliphatic carbocycles. The van der Waals surface area contributed by atoms with Crippen molar-refractivity contribution in [3.05, 3.63) is 35.4 Å². The smallest absolute Gasteiger partial charge is 0.0139 e. The Kier molecular flexibility index (Phi) is 3.03. The van der Waals surface area contributed by atoms with Gasteiger partial charge >= 0.3 is 0 Å². The highest BCUT2D eigenvalue weighted by atomic mass is 35.5. The Balaban J connectivity index is 0.000000853. The average molecular weight is 224 g/mol. The van der Waals surface area contributed by atoms with Gasteiger partial charge in [0.1, 0.15) is 0 Å². The molecule has 1 nitrogen and oxygen atoms in total. The lowest BCUT2D eigenvalue weighted by Gasteiger charge is -2.44. The van der Waals surface area contributed by atoms with Crippen LogP contribution in [0.25, 0.3) is 0 Å². The van der Waals surface area contributed by atoms with Crippen LogP contribution in [0.5, 0.6) is 0 Å². The third-order valence-electron chi connectivity index (χ3n) is 4.06. The van der Waals surface area contributed by atoms with Crippen molar-refractivity contribution in [2.45, 2.75) is 37.1 Å². The van der Waals surface area contributed by atoms with Crippen LogP contribution in [0.4, 0.5) is 0 Å². The largest absolute Gasteiger partial charge is 0.316 e. The highest BCUT2D eigenvalue weighted by Crippen LogP contribution is 2.48. The fourth-order valence-corrected chi connectivity index (χ4v) is 3.36. The second-order valence-electron chi connectivity index (χ2n) is 4.64. The zero-order valence-electron chi connectivity index (χ0n) is 9.07. The molecule has 1 fully saturated rings. The number of fused-ring (bicyclic) bond motifs is 2. The molecular weight excluding hydrogens is 206 g/mol. The maximum Gasteiger partial charge on any atom is 0.0139 e. The van der Waals surface area contributed by atoms with Crippen molar-refractivity contribution in [1.29, 1.82) is 0 Å². The first-order chi connectivity index (χ1) is 6.90. The standard InChI is InChI=1S/C13H17N.ClH/c1-14-13-8-9-6-7-12(13)11-5-3-2-4-10(9)11;/h2-5,9,12-14H,6-8H2,1H3;1H/t9-,12-,13+;/m0./s1. The topological polar surface area (TPSA) is 12.0 Å². The van der Waals surface area contributed by atoms with Crippen LogP contribution in [-0.2, 0) is 0 Å². The molecule has 15 heavy (non-hydrogen) atoms. The molecule has 0 aliphatic heterocycles. The first-order valence-corrected chi connectivity index (χ1v) is 5.66. The zero-order chi connectivity index (χ0) is 9.54. The quantitative estimate of drug-likeness (QED) is 0.772. The van der Waals surface area contributed by atoms with E-state index in [4.69, 9.17) is 0 Å². The van der Waals surface area contributed by atoms with E-state index in [1.807, 2.05) is 0 Å². The highest BCUT2D eigenvalue weighted by Gasteiger charge is 2.38. The molecule has 3 aliphatic rings.